The number of benzene rings is 1. The molecule has 0 radical (unpaired) electrons. The van der Waals surface area contributed by atoms with Crippen molar-refractivity contribution in [3.63, 3.8) is 0 Å². The van der Waals surface area contributed by atoms with Crippen molar-refractivity contribution in [1.29, 1.82) is 0 Å². The number of carbonyl (C=O) groups is 1. The van der Waals surface area contributed by atoms with E-state index in [1.807, 2.05) is 19.1 Å². The van der Waals surface area contributed by atoms with Crippen LogP contribution in [0.1, 0.15) is 25.3 Å². The predicted octanol–water partition coefficient (Wildman–Crippen LogP) is 2.59. The summed E-state index contributed by atoms with van der Waals surface area (Å²) in [5.41, 5.74) is 1.01. The van der Waals surface area contributed by atoms with Crippen LogP contribution in [0.25, 0.3) is 0 Å². The molecule has 4 heteroatoms. The van der Waals surface area contributed by atoms with Crippen LogP contribution in [-0.4, -0.2) is 19.1 Å². The molecule has 1 aromatic carbocycles. The normalized spacial score (nSPS) is 16.6. The average molecular weight is 298 g/mol. The zero-order chi connectivity index (χ0) is 12.3. The van der Waals surface area contributed by atoms with Crippen molar-refractivity contribution in [2.45, 2.75) is 25.3 Å². The topological polar surface area (TPSA) is 38.3 Å². The Balaban J connectivity index is 2.02. The Morgan fingerprint density at radius 3 is 2.88 bits per heavy atom. The molecular formula is C13H16BrNO2. The van der Waals surface area contributed by atoms with Gasteiger partial charge in [0.15, 0.2) is 0 Å². The third-order valence-corrected chi connectivity index (χ3v) is 3.44. The Morgan fingerprint density at radius 1 is 1.53 bits per heavy atom. The lowest BCUT2D eigenvalue weighted by molar-refractivity contribution is -0.126. The highest BCUT2D eigenvalue weighted by atomic mass is 79.9. The molecule has 1 aliphatic rings. The fourth-order valence-electron chi connectivity index (χ4n) is 1.89. The van der Waals surface area contributed by atoms with E-state index in [2.05, 4.69) is 33.4 Å². The second kappa shape index (κ2) is 5.19. The van der Waals surface area contributed by atoms with Gasteiger partial charge in [-0.15, -0.1) is 0 Å². The molecule has 0 heterocycles. The van der Waals surface area contributed by atoms with Crippen LogP contribution in [0, 0.1) is 0 Å². The van der Waals surface area contributed by atoms with Gasteiger partial charge in [0.1, 0.15) is 6.61 Å². The Labute approximate surface area is 110 Å². The summed E-state index contributed by atoms with van der Waals surface area (Å²) in [4.78, 5) is 11.7. The van der Waals surface area contributed by atoms with Gasteiger partial charge in [-0.2, -0.15) is 0 Å². The number of carbonyl (C=O) groups excluding carboxylic acids is 1. The number of nitrogens with one attached hydrogen (secondary N) is 1. The summed E-state index contributed by atoms with van der Waals surface area (Å²) in [6.45, 7) is 2.60. The van der Waals surface area contributed by atoms with E-state index >= 15 is 0 Å². The predicted molar refractivity (Wildman–Crippen MR) is 69.7 cm³/mol. The number of amides is 1. The SMILES string of the molecule is CCOCC(=O)NC1(c2cccc(Br)c2)CC1. The number of halogens is 1. The molecule has 1 aromatic rings. The van der Waals surface area contributed by atoms with E-state index in [1.54, 1.807) is 0 Å². The molecule has 0 aromatic heterocycles. The summed E-state index contributed by atoms with van der Waals surface area (Å²) in [6, 6.07) is 8.10. The zero-order valence-corrected chi connectivity index (χ0v) is 11.4. The molecule has 0 spiro atoms. The fraction of sp³-hybridized carbons (Fsp3) is 0.462. The highest BCUT2D eigenvalue weighted by molar-refractivity contribution is 9.10. The summed E-state index contributed by atoms with van der Waals surface area (Å²) in [7, 11) is 0. The first-order chi connectivity index (χ1) is 8.16. The monoisotopic (exact) mass is 297 g/mol. The van der Waals surface area contributed by atoms with Gasteiger partial charge in [0.05, 0.1) is 5.54 Å². The van der Waals surface area contributed by atoms with Crippen LogP contribution in [-0.2, 0) is 15.1 Å². The summed E-state index contributed by atoms with van der Waals surface area (Å²) in [5.74, 6) is -0.0377. The van der Waals surface area contributed by atoms with Crippen LogP contribution >= 0.6 is 15.9 Å². The smallest absolute Gasteiger partial charge is 0.246 e. The van der Waals surface area contributed by atoms with E-state index in [1.165, 1.54) is 0 Å². The molecule has 1 amide bonds. The van der Waals surface area contributed by atoms with Crippen molar-refractivity contribution < 1.29 is 9.53 Å². The van der Waals surface area contributed by atoms with Crippen molar-refractivity contribution >= 4 is 21.8 Å². The number of hydrogen-bond donors (Lipinski definition) is 1. The minimum Gasteiger partial charge on any atom is -0.372 e. The van der Waals surface area contributed by atoms with Crippen LogP contribution in [0.15, 0.2) is 28.7 Å². The molecule has 3 nitrogen and oxygen atoms in total. The fourth-order valence-corrected chi connectivity index (χ4v) is 2.29. The summed E-state index contributed by atoms with van der Waals surface area (Å²) in [6.07, 6.45) is 2.00. The molecular weight excluding hydrogens is 282 g/mol. The quantitative estimate of drug-likeness (QED) is 0.907. The average Bonchev–Trinajstić information content (AvgIpc) is 3.07. The van der Waals surface area contributed by atoms with Gasteiger partial charge in [-0.05, 0) is 37.5 Å². The number of rotatable bonds is 5. The first kappa shape index (κ1) is 12.6. The zero-order valence-electron chi connectivity index (χ0n) is 9.83. The maximum atomic E-state index is 11.7. The first-order valence-electron chi connectivity index (χ1n) is 5.81. The maximum absolute atomic E-state index is 11.7. The summed E-state index contributed by atoms with van der Waals surface area (Å²) >= 11 is 3.45. The van der Waals surface area contributed by atoms with Gasteiger partial charge >= 0.3 is 0 Å². The molecule has 1 N–H and O–H groups in total. The van der Waals surface area contributed by atoms with Crippen LogP contribution < -0.4 is 5.32 Å². The number of ether oxygens (including phenoxy) is 1. The van der Waals surface area contributed by atoms with Gasteiger partial charge in [-0.3, -0.25) is 4.79 Å². The van der Waals surface area contributed by atoms with E-state index < -0.39 is 0 Å². The van der Waals surface area contributed by atoms with Crippen molar-refractivity contribution in [3.8, 4) is 0 Å². The number of hydrogen-bond acceptors (Lipinski definition) is 2. The van der Waals surface area contributed by atoms with Crippen molar-refractivity contribution in [2.24, 2.45) is 0 Å². The molecule has 0 saturated heterocycles. The Bertz CT molecular complexity index is 416. The van der Waals surface area contributed by atoms with Crippen LogP contribution in [0.4, 0.5) is 0 Å². The van der Waals surface area contributed by atoms with Crippen molar-refractivity contribution in [3.05, 3.63) is 34.3 Å². The third-order valence-electron chi connectivity index (χ3n) is 2.94. The minimum atomic E-state index is -0.155. The minimum absolute atomic E-state index is 0.0377. The molecule has 1 aliphatic carbocycles. The van der Waals surface area contributed by atoms with Gasteiger partial charge < -0.3 is 10.1 Å². The van der Waals surface area contributed by atoms with Gasteiger partial charge in [0, 0.05) is 11.1 Å². The lowest BCUT2D eigenvalue weighted by atomic mass is 10.1. The molecule has 0 bridgehead atoms. The Morgan fingerprint density at radius 2 is 2.29 bits per heavy atom. The molecule has 0 unspecified atom stereocenters. The first-order valence-corrected chi connectivity index (χ1v) is 6.60. The molecule has 92 valence electrons. The molecule has 1 saturated carbocycles. The highest BCUT2D eigenvalue weighted by Crippen LogP contribution is 2.45. The van der Waals surface area contributed by atoms with Crippen LogP contribution in [0.2, 0.25) is 0 Å². The second-order valence-corrected chi connectivity index (χ2v) is 5.19. The van der Waals surface area contributed by atoms with E-state index in [-0.39, 0.29) is 18.1 Å². The lowest BCUT2D eigenvalue weighted by Gasteiger charge is -2.18. The summed E-state index contributed by atoms with van der Waals surface area (Å²) < 4.78 is 6.15. The largest absolute Gasteiger partial charge is 0.372 e. The van der Waals surface area contributed by atoms with Gasteiger partial charge in [-0.1, -0.05) is 28.1 Å². The molecule has 0 atom stereocenters. The molecule has 1 fully saturated rings. The maximum Gasteiger partial charge on any atom is 0.246 e. The third kappa shape index (κ3) is 3.07. The van der Waals surface area contributed by atoms with E-state index in [4.69, 9.17) is 4.74 Å². The second-order valence-electron chi connectivity index (χ2n) is 4.28. The van der Waals surface area contributed by atoms with Gasteiger partial charge in [0.2, 0.25) is 5.91 Å². The van der Waals surface area contributed by atoms with Crippen molar-refractivity contribution in [2.75, 3.05) is 13.2 Å². The molecule has 17 heavy (non-hydrogen) atoms. The van der Waals surface area contributed by atoms with E-state index in [0.717, 1.165) is 22.9 Å². The Hall–Kier alpha value is -0.870. The lowest BCUT2D eigenvalue weighted by Crippen LogP contribution is -2.37. The van der Waals surface area contributed by atoms with Gasteiger partial charge in [0.25, 0.3) is 0 Å². The van der Waals surface area contributed by atoms with E-state index in [0.29, 0.717) is 6.61 Å². The Kier molecular flexibility index (Phi) is 3.84. The van der Waals surface area contributed by atoms with E-state index in [9.17, 15) is 4.79 Å². The molecule has 2 rings (SSSR count). The van der Waals surface area contributed by atoms with Crippen LogP contribution in [0.3, 0.4) is 0 Å². The van der Waals surface area contributed by atoms with Gasteiger partial charge in [-0.25, -0.2) is 0 Å². The highest BCUT2D eigenvalue weighted by Gasteiger charge is 2.45. The van der Waals surface area contributed by atoms with Crippen molar-refractivity contribution in [1.82, 2.24) is 5.32 Å². The molecule has 0 aliphatic heterocycles. The van der Waals surface area contributed by atoms with Crippen LogP contribution in [0.5, 0.6) is 0 Å². The summed E-state index contributed by atoms with van der Waals surface area (Å²) in [5, 5.41) is 3.06. The standard InChI is InChI=1S/C13H16BrNO2/c1-2-17-9-12(16)15-13(6-7-13)10-4-3-5-11(14)8-10/h3-5,8H,2,6-7,9H2,1H3,(H,15,16).